The Bertz CT molecular complexity index is 1320. The maximum Gasteiger partial charge on any atom is 0.272 e. The molecule has 3 atom stereocenters. The van der Waals surface area contributed by atoms with Crippen molar-refractivity contribution in [2.75, 3.05) is 17.2 Å². The van der Waals surface area contributed by atoms with Gasteiger partial charge in [-0.05, 0) is 55.5 Å². The third kappa shape index (κ3) is 4.23. The van der Waals surface area contributed by atoms with E-state index < -0.39 is 0 Å². The van der Waals surface area contributed by atoms with Crippen LogP contribution in [0.25, 0.3) is 22.3 Å². The number of benzene rings is 1. The van der Waals surface area contributed by atoms with Crippen molar-refractivity contribution < 1.29 is 4.79 Å². The minimum absolute atomic E-state index is 0.212. The first kappa shape index (κ1) is 20.8. The molecule has 0 spiro atoms. The van der Waals surface area contributed by atoms with Crippen molar-refractivity contribution in [1.82, 2.24) is 30.8 Å². The highest BCUT2D eigenvalue weighted by Gasteiger charge is 2.33. The van der Waals surface area contributed by atoms with Crippen molar-refractivity contribution in [1.29, 1.82) is 0 Å². The van der Waals surface area contributed by atoms with E-state index >= 15 is 0 Å². The molecule has 4 aromatic rings. The molecule has 9 nitrogen and oxygen atoms in total. The lowest BCUT2D eigenvalue weighted by Crippen LogP contribution is -2.39. The predicted octanol–water partition coefficient (Wildman–Crippen LogP) is 3.33. The Morgan fingerprint density at radius 3 is 2.97 bits per heavy atom. The molecule has 2 aliphatic rings. The van der Waals surface area contributed by atoms with E-state index in [4.69, 9.17) is 4.98 Å². The van der Waals surface area contributed by atoms with Gasteiger partial charge in [0.25, 0.3) is 5.91 Å². The van der Waals surface area contributed by atoms with Crippen LogP contribution in [0.2, 0.25) is 0 Å². The number of pyridine rings is 1. The third-order valence-corrected chi connectivity index (χ3v) is 6.69. The molecule has 3 unspecified atom stereocenters. The largest absolute Gasteiger partial charge is 0.367 e. The minimum atomic E-state index is -0.212. The van der Waals surface area contributed by atoms with E-state index in [1.807, 2.05) is 30.3 Å². The summed E-state index contributed by atoms with van der Waals surface area (Å²) in [6, 6.07) is 14.3. The summed E-state index contributed by atoms with van der Waals surface area (Å²) < 4.78 is 0. The number of aromatic nitrogens is 4. The highest BCUT2D eigenvalue weighted by Crippen LogP contribution is 2.29. The van der Waals surface area contributed by atoms with Gasteiger partial charge in [0.05, 0.1) is 11.9 Å². The Morgan fingerprint density at radius 1 is 1.09 bits per heavy atom. The molecule has 34 heavy (non-hydrogen) atoms. The van der Waals surface area contributed by atoms with Crippen molar-refractivity contribution in [3.8, 4) is 11.4 Å². The quantitative estimate of drug-likeness (QED) is 0.314. The zero-order chi connectivity index (χ0) is 22.9. The van der Waals surface area contributed by atoms with Gasteiger partial charge in [0.15, 0.2) is 5.82 Å². The van der Waals surface area contributed by atoms with Gasteiger partial charge in [-0.25, -0.2) is 9.97 Å². The normalized spacial score (nSPS) is 21.8. The van der Waals surface area contributed by atoms with Gasteiger partial charge >= 0.3 is 0 Å². The fourth-order valence-electron chi connectivity index (χ4n) is 4.94. The van der Waals surface area contributed by atoms with Crippen LogP contribution < -0.4 is 21.5 Å². The number of carbonyl (C=O) groups excluding carboxylic acids is 1. The number of hydrogen-bond acceptors (Lipinski definition) is 7. The number of fused-ring (bicyclic) bond motifs is 2. The smallest absolute Gasteiger partial charge is 0.272 e. The number of nitrogens with one attached hydrogen (secondary N) is 5. The Hall–Kier alpha value is -3.82. The third-order valence-electron chi connectivity index (χ3n) is 6.69. The summed E-state index contributed by atoms with van der Waals surface area (Å²) in [5, 5.41) is 7.41. The number of amides is 1. The molecule has 1 saturated carbocycles. The van der Waals surface area contributed by atoms with Crippen LogP contribution in [0.4, 0.5) is 11.5 Å². The van der Waals surface area contributed by atoms with Crippen LogP contribution in [0.1, 0.15) is 29.8 Å². The van der Waals surface area contributed by atoms with Gasteiger partial charge in [0.1, 0.15) is 11.5 Å². The predicted molar refractivity (Wildman–Crippen MR) is 131 cm³/mol. The number of rotatable bonds is 5. The molecule has 5 N–H and O–H groups in total. The molecule has 172 valence electrons. The van der Waals surface area contributed by atoms with Gasteiger partial charge in [0, 0.05) is 47.5 Å². The molecular weight excluding hydrogens is 428 g/mol. The van der Waals surface area contributed by atoms with Crippen molar-refractivity contribution >= 4 is 28.3 Å². The van der Waals surface area contributed by atoms with E-state index in [9.17, 15) is 4.79 Å². The highest BCUT2D eigenvalue weighted by molar-refractivity contribution is 6.06. The first-order valence-corrected chi connectivity index (χ1v) is 11.6. The fourth-order valence-corrected chi connectivity index (χ4v) is 4.94. The van der Waals surface area contributed by atoms with Crippen LogP contribution >= 0.6 is 0 Å². The second kappa shape index (κ2) is 8.85. The molecule has 4 heterocycles. The van der Waals surface area contributed by atoms with Crippen LogP contribution in [0.15, 0.2) is 61.1 Å². The van der Waals surface area contributed by atoms with Crippen molar-refractivity contribution in [3.05, 3.63) is 66.7 Å². The monoisotopic (exact) mass is 454 g/mol. The zero-order valence-electron chi connectivity index (χ0n) is 18.6. The number of H-pyrrole nitrogens is 1. The average molecular weight is 455 g/mol. The summed E-state index contributed by atoms with van der Waals surface area (Å²) in [6.45, 7) is 1.02. The molecule has 6 rings (SSSR count). The van der Waals surface area contributed by atoms with E-state index in [2.05, 4.69) is 36.4 Å². The van der Waals surface area contributed by atoms with Crippen LogP contribution in [0, 0.1) is 5.92 Å². The number of carbonyl (C=O) groups is 1. The Morgan fingerprint density at radius 2 is 2.06 bits per heavy atom. The number of nitrogens with zero attached hydrogens (tertiary/aromatic N) is 3. The van der Waals surface area contributed by atoms with E-state index in [1.165, 1.54) is 0 Å². The SMILES string of the molecule is O=C(Nc1cccnc1)c1cc2ccc(-c3nccc(NC4CCC5NNCC5C4)n3)cc2[nH]1. The lowest BCUT2D eigenvalue weighted by Gasteiger charge is -2.31. The summed E-state index contributed by atoms with van der Waals surface area (Å²) in [5.74, 6) is 1.94. The lowest BCUT2D eigenvalue weighted by atomic mass is 9.83. The number of anilines is 2. The summed E-state index contributed by atoms with van der Waals surface area (Å²) >= 11 is 0. The number of hydrazine groups is 1. The topological polar surface area (TPSA) is 120 Å². The fraction of sp³-hybridized carbons (Fsp3) is 0.280. The van der Waals surface area contributed by atoms with Gasteiger partial charge in [-0.2, -0.15) is 0 Å². The molecule has 0 radical (unpaired) electrons. The Labute approximate surface area is 196 Å². The van der Waals surface area contributed by atoms with E-state index in [-0.39, 0.29) is 5.91 Å². The molecule has 9 heteroatoms. The van der Waals surface area contributed by atoms with E-state index in [1.54, 1.807) is 30.7 Å². The van der Waals surface area contributed by atoms with Crippen LogP contribution in [0.5, 0.6) is 0 Å². The van der Waals surface area contributed by atoms with Crippen LogP contribution in [0.3, 0.4) is 0 Å². The molecule has 1 aromatic carbocycles. The molecule has 0 bridgehead atoms. The summed E-state index contributed by atoms with van der Waals surface area (Å²) in [6.07, 6.45) is 8.48. The number of aromatic amines is 1. The molecule has 1 saturated heterocycles. The minimum Gasteiger partial charge on any atom is -0.367 e. The number of hydrogen-bond donors (Lipinski definition) is 5. The van der Waals surface area contributed by atoms with Gasteiger partial charge in [-0.3, -0.25) is 20.6 Å². The van der Waals surface area contributed by atoms with Crippen molar-refractivity contribution in [3.63, 3.8) is 0 Å². The molecule has 2 fully saturated rings. The van der Waals surface area contributed by atoms with E-state index in [0.29, 0.717) is 35.2 Å². The summed E-state index contributed by atoms with van der Waals surface area (Å²) in [5.41, 5.74) is 9.54. The second-order valence-electron chi connectivity index (χ2n) is 8.99. The summed E-state index contributed by atoms with van der Waals surface area (Å²) in [4.78, 5) is 29.1. The first-order chi connectivity index (χ1) is 16.7. The molecular formula is C25H26N8O. The maximum absolute atomic E-state index is 12.6. The summed E-state index contributed by atoms with van der Waals surface area (Å²) in [7, 11) is 0. The molecule has 1 aliphatic carbocycles. The molecule has 1 aliphatic heterocycles. The van der Waals surface area contributed by atoms with Gasteiger partial charge in [0.2, 0.25) is 0 Å². The standard InChI is InChI=1S/C25H26N8O/c34-25(30-19-2-1-8-26-14-19)22-11-15-3-4-16(12-21(15)31-22)24-27-9-7-23(32-24)29-18-5-6-20-17(10-18)13-28-33-20/h1-4,7-9,11-12,14,17-18,20,28,31,33H,5-6,10,13H2,(H,30,34)(H,27,29,32). The van der Waals surface area contributed by atoms with Gasteiger partial charge in [-0.15, -0.1) is 0 Å². The van der Waals surface area contributed by atoms with E-state index in [0.717, 1.165) is 48.1 Å². The second-order valence-corrected chi connectivity index (χ2v) is 8.99. The average Bonchev–Trinajstić information content (AvgIpc) is 3.51. The van der Waals surface area contributed by atoms with Crippen molar-refractivity contribution in [2.24, 2.45) is 5.92 Å². The lowest BCUT2D eigenvalue weighted by molar-refractivity contribution is 0.102. The Kier molecular flexibility index (Phi) is 5.40. The van der Waals surface area contributed by atoms with Gasteiger partial charge < -0.3 is 15.6 Å². The Balaban J connectivity index is 1.19. The van der Waals surface area contributed by atoms with Crippen LogP contribution in [-0.4, -0.2) is 44.5 Å². The van der Waals surface area contributed by atoms with Crippen LogP contribution in [-0.2, 0) is 0 Å². The first-order valence-electron chi connectivity index (χ1n) is 11.6. The highest BCUT2D eigenvalue weighted by atomic mass is 16.1. The molecule has 1 amide bonds. The molecule has 3 aromatic heterocycles. The maximum atomic E-state index is 12.6. The zero-order valence-corrected chi connectivity index (χ0v) is 18.6. The van der Waals surface area contributed by atoms with Crippen molar-refractivity contribution in [2.45, 2.75) is 31.3 Å². The van der Waals surface area contributed by atoms with Gasteiger partial charge in [-0.1, -0.05) is 12.1 Å².